The van der Waals surface area contributed by atoms with Crippen molar-refractivity contribution in [2.45, 2.75) is 25.7 Å². The number of carbonyl (C=O) groups excluding carboxylic acids is 3. The van der Waals surface area contributed by atoms with Crippen LogP contribution >= 0.6 is 11.8 Å². The van der Waals surface area contributed by atoms with Crippen molar-refractivity contribution in [2.24, 2.45) is 0 Å². The van der Waals surface area contributed by atoms with Gasteiger partial charge in [0.15, 0.2) is 0 Å². The van der Waals surface area contributed by atoms with Crippen molar-refractivity contribution >= 4 is 40.6 Å². The lowest BCUT2D eigenvalue weighted by Gasteiger charge is -2.22. The lowest BCUT2D eigenvalue weighted by Crippen LogP contribution is -2.42. The first-order valence-corrected chi connectivity index (χ1v) is 11.2. The SMILES string of the molecule is O=C(CN1C(=O)SC(=Cc2cccn2-c2ccc([N+](=O)[O-])cc2)C1=O)N1CCCCCC1. The van der Waals surface area contributed by atoms with Gasteiger partial charge in [-0.1, -0.05) is 12.8 Å². The first kappa shape index (κ1) is 21.8. The third-order valence-corrected chi connectivity index (χ3v) is 6.43. The van der Waals surface area contributed by atoms with Gasteiger partial charge >= 0.3 is 0 Å². The molecule has 0 radical (unpaired) electrons. The van der Waals surface area contributed by atoms with E-state index in [-0.39, 0.29) is 23.0 Å². The molecule has 1 aromatic heterocycles. The number of aromatic nitrogens is 1. The average molecular weight is 455 g/mol. The van der Waals surface area contributed by atoms with Crippen LogP contribution in [0.4, 0.5) is 10.5 Å². The van der Waals surface area contributed by atoms with Crippen molar-refractivity contribution in [2.75, 3.05) is 19.6 Å². The Morgan fingerprint density at radius 2 is 1.75 bits per heavy atom. The van der Waals surface area contributed by atoms with Crippen LogP contribution in [0, 0.1) is 10.1 Å². The summed E-state index contributed by atoms with van der Waals surface area (Å²) >= 11 is 0.808. The van der Waals surface area contributed by atoms with Gasteiger partial charge in [0.2, 0.25) is 5.91 Å². The van der Waals surface area contributed by atoms with E-state index >= 15 is 0 Å². The topological polar surface area (TPSA) is 106 Å². The molecule has 4 rings (SSSR count). The second-order valence-corrected chi connectivity index (χ2v) is 8.63. The van der Waals surface area contributed by atoms with E-state index in [1.165, 1.54) is 12.1 Å². The number of benzene rings is 1. The quantitative estimate of drug-likeness (QED) is 0.386. The van der Waals surface area contributed by atoms with E-state index in [0.29, 0.717) is 24.5 Å². The van der Waals surface area contributed by atoms with Crippen LogP contribution in [0.15, 0.2) is 47.5 Å². The molecule has 0 unspecified atom stereocenters. The predicted molar refractivity (Wildman–Crippen MR) is 120 cm³/mol. The Bertz CT molecular complexity index is 1080. The summed E-state index contributed by atoms with van der Waals surface area (Å²) in [5.74, 6) is -0.690. The van der Waals surface area contributed by atoms with Crippen molar-refractivity contribution in [1.29, 1.82) is 0 Å². The van der Waals surface area contributed by atoms with Gasteiger partial charge in [-0.05, 0) is 54.9 Å². The van der Waals surface area contributed by atoms with Crippen molar-refractivity contribution < 1.29 is 19.3 Å². The molecule has 32 heavy (non-hydrogen) atoms. The van der Waals surface area contributed by atoms with Gasteiger partial charge in [-0.2, -0.15) is 0 Å². The van der Waals surface area contributed by atoms with Gasteiger partial charge < -0.3 is 9.47 Å². The van der Waals surface area contributed by atoms with E-state index < -0.39 is 16.1 Å². The molecule has 2 saturated heterocycles. The van der Waals surface area contributed by atoms with Crippen molar-refractivity contribution in [3.63, 3.8) is 0 Å². The molecule has 2 fully saturated rings. The van der Waals surface area contributed by atoms with Crippen LogP contribution in [-0.2, 0) is 9.59 Å². The third-order valence-electron chi connectivity index (χ3n) is 5.52. The summed E-state index contributed by atoms with van der Waals surface area (Å²) in [4.78, 5) is 51.3. The number of hydrogen-bond acceptors (Lipinski definition) is 6. The predicted octanol–water partition coefficient (Wildman–Crippen LogP) is 3.82. The summed E-state index contributed by atoms with van der Waals surface area (Å²) in [7, 11) is 0. The van der Waals surface area contributed by atoms with Crippen molar-refractivity contribution in [3.05, 3.63) is 63.3 Å². The standard InChI is InChI=1S/C22H22N4O5S/c27-20(23-11-3-1-2-4-12-23)15-25-21(28)19(32-22(25)29)14-18-6-5-13-24(18)16-7-9-17(10-8-16)26(30)31/h5-10,13-14H,1-4,11-12,15H2. The van der Waals surface area contributed by atoms with Crippen LogP contribution in [0.1, 0.15) is 31.4 Å². The summed E-state index contributed by atoms with van der Waals surface area (Å²) in [6, 6.07) is 9.59. The second-order valence-electron chi connectivity index (χ2n) is 7.64. The maximum Gasteiger partial charge on any atom is 0.294 e. The highest BCUT2D eigenvalue weighted by atomic mass is 32.2. The molecule has 9 nitrogen and oxygen atoms in total. The molecule has 3 amide bonds. The summed E-state index contributed by atoms with van der Waals surface area (Å²) < 4.78 is 1.76. The minimum absolute atomic E-state index is 0.0161. The van der Waals surface area contributed by atoms with Gasteiger partial charge in [0.25, 0.3) is 16.8 Å². The smallest absolute Gasteiger partial charge is 0.294 e. The Kier molecular flexibility index (Phi) is 6.40. The van der Waals surface area contributed by atoms with Crippen molar-refractivity contribution in [3.8, 4) is 5.69 Å². The van der Waals surface area contributed by atoms with Gasteiger partial charge in [-0.25, -0.2) is 0 Å². The van der Waals surface area contributed by atoms with E-state index in [0.717, 1.165) is 42.3 Å². The van der Waals surface area contributed by atoms with Crippen LogP contribution in [0.3, 0.4) is 0 Å². The molecule has 2 aliphatic rings. The number of amides is 3. The number of thioether (sulfide) groups is 1. The first-order chi connectivity index (χ1) is 15.4. The highest BCUT2D eigenvalue weighted by molar-refractivity contribution is 8.18. The molecular weight excluding hydrogens is 432 g/mol. The third kappa shape index (κ3) is 4.59. The first-order valence-electron chi connectivity index (χ1n) is 10.4. The number of nitro groups is 1. The average Bonchev–Trinajstić information content (AvgIpc) is 3.21. The van der Waals surface area contributed by atoms with Crippen LogP contribution < -0.4 is 0 Å². The van der Waals surface area contributed by atoms with E-state index in [1.54, 1.807) is 46.0 Å². The highest BCUT2D eigenvalue weighted by Gasteiger charge is 2.37. The largest absolute Gasteiger partial charge is 0.341 e. The fraction of sp³-hybridized carbons (Fsp3) is 0.318. The van der Waals surface area contributed by atoms with E-state index in [1.807, 2.05) is 0 Å². The summed E-state index contributed by atoms with van der Waals surface area (Å²) in [6.45, 7) is 1.08. The van der Waals surface area contributed by atoms with Gasteiger partial charge in [0, 0.05) is 42.8 Å². The molecule has 0 atom stereocenters. The number of hydrogen-bond donors (Lipinski definition) is 0. The van der Waals surface area contributed by atoms with Crippen LogP contribution in [0.5, 0.6) is 0 Å². The van der Waals surface area contributed by atoms with Gasteiger partial charge in [-0.15, -0.1) is 0 Å². The van der Waals surface area contributed by atoms with Gasteiger partial charge in [0.05, 0.1) is 9.83 Å². The minimum atomic E-state index is -0.486. The Hall–Kier alpha value is -3.40. The van der Waals surface area contributed by atoms with E-state index in [9.17, 15) is 24.5 Å². The summed E-state index contributed by atoms with van der Waals surface area (Å²) in [5.41, 5.74) is 1.31. The lowest BCUT2D eigenvalue weighted by molar-refractivity contribution is -0.384. The maximum absolute atomic E-state index is 12.9. The fourth-order valence-corrected chi connectivity index (χ4v) is 4.63. The molecule has 0 saturated carbocycles. The monoisotopic (exact) mass is 454 g/mol. The summed E-state index contributed by atoms with van der Waals surface area (Å²) in [5, 5.41) is 10.4. The summed E-state index contributed by atoms with van der Waals surface area (Å²) in [6.07, 6.45) is 7.41. The molecule has 0 spiro atoms. The van der Waals surface area contributed by atoms with Gasteiger partial charge in [0.1, 0.15) is 6.54 Å². The Morgan fingerprint density at radius 3 is 2.41 bits per heavy atom. The number of carbonyl (C=O) groups is 3. The molecule has 0 bridgehead atoms. The number of likely N-dealkylation sites (tertiary alicyclic amines) is 1. The molecule has 0 N–H and O–H groups in total. The Morgan fingerprint density at radius 1 is 1.06 bits per heavy atom. The molecule has 2 aliphatic heterocycles. The molecule has 0 aliphatic carbocycles. The zero-order valence-electron chi connectivity index (χ0n) is 17.3. The van der Waals surface area contributed by atoms with Crippen LogP contribution in [-0.4, -0.2) is 56.0 Å². The minimum Gasteiger partial charge on any atom is -0.341 e. The van der Waals surface area contributed by atoms with Crippen LogP contribution in [0.2, 0.25) is 0 Å². The normalized spacial score (nSPS) is 18.3. The molecule has 10 heteroatoms. The number of imide groups is 1. The molecule has 3 heterocycles. The number of nitro benzene ring substituents is 1. The van der Waals surface area contributed by atoms with E-state index in [4.69, 9.17) is 0 Å². The van der Waals surface area contributed by atoms with Crippen LogP contribution in [0.25, 0.3) is 11.8 Å². The zero-order chi connectivity index (χ0) is 22.7. The number of nitrogens with zero attached hydrogens (tertiary/aromatic N) is 4. The number of rotatable bonds is 5. The zero-order valence-corrected chi connectivity index (χ0v) is 18.1. The van der Waals surface area contributed by atoms with E-state index in [2.05, 4.69) is 0 Å². The Labute approximate surface area is 188 Å². The molecule has 166 valence electrons. The van der Waals surface area contributed by atoms with Crippen molar-refractivity contribution in [1.82, 2.24) is 14.4 Å². The number of non-ortho nitro benzene ring substituents is 1. The molecule has 2 aromatic rings. The highest BCUT2D eigenvalue weighted by Crippen LogP contribution is 2.33. The maximum atomic E-state index is 12.9. The molecular formula is C22H22N4O5S. The lowest BCUT2D eigenvalue weighted by atomic mass is 10.2. The Balaban J connectivity index is 1.50. The fourth-order valence-electron chi connectivity index (χ4n) is 3.81. The van der Waals surface area contributed by atoms with Gasteiger partial charge in [-0.3, -0.25) is 29.4 Å². The molecule has 1 aromatic carbocycles. The second kappa shape index (κ2) is 9.39.